The van der Waals surface area contributed by atoms with Crippen LogP contribution in [0.2, 0.25) is 0 Å². The number of carbonyl (C=O) groups is 1. The first-order chi connectivity index (χ1) is 17.7. The number of piperidine rings is 1. The van der Waals surface area contributed by atoms with Crippen LogP contribution in [0, 0.1) is 0 Å². The summed E-state index contributed by atoms with van der Waals surface area (Å²) in [7, 11) is 3.29. The first kappa shape index (κ1) is 24.3. The number of methoxy groups -OCH3 is 2. The molecule has 1 aliphatic heterocycles. The van der Waals surface area contributed by atoms with Gasteiger partial charge in [-0.05, 0) is 80.0 Å². The minimum Gasteiger partial charge on any atom is -0.497 e. The predicted octanol–water partition coefficient (Wildman–Crippen LogP) is 6.08. The van der Waals surface area contributed by atoms with Crippen LogP contribution >= 0.6 is 11.3 Å². The second kappa shape index (κ2) is 11.1. The molecule has 1 fully saturated rings. The summed E-state index contributed by atoms with van der Waals surface area (Å²) in [6.45, 7) is 3.78. The smallest absolute Gasteiger partial charge is 0.213 e. The third-order valence-electron chi connectivity index (χ3n) is 6.58. The SMILES string of the molecule is COc1ccc(-c2sc3cc(OC)ccc3c2C(=O)c2ccc(OCCN3CCCCC3)nc2)cc1. The maximum Gasteiger partial charge on any atom is 0.213 e. The molecule has 3 heterocycles. The molecule has 0 aliphatic carbocycles. The van der Waals surface area contributed by atoms with Gasteiger partial charge in [0.1, 0.15) is 18.1 Å². The highest BCUT2D eigenvalue weighted by Crippen LogP contribution is 2.41. The van der Waals surface area contributed by atoms with Crippen molar-refractivity contribution in [3.63, 3.8) is 0 Å². The number of nitrogens with zero attached hydrogens (tertiary/aromatic N) is 2. The zero-order valence-electron chi connectivity index (χ0n) is 20.7. The summed E-state index contributed by atoms with van der Waals surface area (Å²) in [5, 5.41) is 0.901. The Labute approximate surface area is 215 Å². The van der Waals surface area contributed by atoms with Gasteiger partial charge in [0.05, 0.1) is 14.2 Å². The standard InChI is InChI=1S/C29H30N2O4S/c1-33-22-9-6-20(7-10-22)29-27(24-12-11-23(34-2)18-25(24)36-29)28(32)21-8-13-26(30-19-21)35-17-16-31-14-4-3-5-15-31/h6-13,18-19H,3-5,14-17H2,1-2H3. The first-order valence-electron chi connectivity index (χ1n) is 12.3. The molecule has 0 bridgehead atoms. The predicted molar refractivity (Wildman–Crippen MR) is 144 cm³/mol. The maximum absolute atomic E-state index is 13.8. The van der Waals surface area contributed by atoms with Crippen molar-refractivity contribution < 1.29 is 19.0 Å². The van der Waals surface area contributed by atoms with Crippen LogP contribution in [-0.4, -0.2) is 56.1 Å². The number of benzene rings is 2. The molecule has 0 atom stereocenters. The van der Waals surface area contributed by atoms with Crippen LogP contribution in [0.5, 0.6) is 17.4 Å². The molecule has 0 amide bonds. The molecule has 0 spiro atoms. The molecule has 2 aromatic heterocycles. The van der Waals surface area contributed by atoms with Crippen molar-refractivity contribution in [1.29, 1.82) is 0 Å². The lowest BCUT2D eigenvalue weighted by molar-refractivity contribution is 0.104. The normalized spacial score (nSPS) is 14.1. The first-order valence-corrected chi connectivity index (χ1v) is 13.1. The number of thiophene rings is 1. The average Bonchev–Trinajstić information content (AvgIpc) is 3.32. The van der Waals surface area contributed by atoms with Crippen molar-refractivity contribution in [2.75, 3.05) is 40.5 Å². The van der Waals surface area contributed by atoms with Crippen molar-refractivity contribution in [2.24, 2.45) is 0 Å². The highest BCUT2D eigenvalue weighted by molar-refractivity contribution is 7.22. The van der Waals surface area contributed by atoms with Gasteiger partial charge in [-0.25, -0.2) is 4.98 Å². The molecule has 0 saturated carbocycles. The van der Waals surface area contributed by atoms with E-state index in [0.29, 0.717) is 23.6 Å². The monoisotopic (exact) mass is 502 g/mol. The topological polar surface area (TPSA) is 60.9 Å². The number of aromatic nitrogens is 1. The largest absolute Gasteiger partial charge is 0.497 e. The molecule has 186 valence electrons. The highest BCUT2D eigenvalue weighted by atomic mass is 32.1. The van der Waals surface area contributed by atoms with Gasteiger partial charge in [0, 0.05) is 44.9 Å². The van der Waals surface area contributed by atoms with Crippen molar-refractivity contribution >= 4 is 27.2 Å². The van der Waals surface area contributed by atoms with Crippen molar-refractivity contribution in [2.45, 2.75) is 19.3 Å². The molecule has 1 aliphatic rings. The molecule has 0 N–H and O–H groups in total. The van der Waals surface area contributed by atoms with Crippen LogP contribution in [-0.2, 0) is 0 Å². The maximum atomic E-state index is 13.8. The number of hydrogen-bond donors (Lipinski definition) is 0. The zero-order valence-corrected chi connectivity index (χ0v) is 21.5. The van der Waals surface area contributed by atoms with Gasteiger partial charge < -0.3 is 14.2 Å². The summed E-state index contributed by atoms with van der Waals surface area (Å²) in [5.41, 5.74) is 2.16. The molecule has 0 radical (unpaired) electrons. The summed E-state index contributed by atoms with van der Waals surface area (Å²) in [6, 6.07) is 17.2. The Bertz CT molecular complexity index is 1330. The van der Waals surface area contributed by atoms with Gasteiger partial charge in [-0.2, -0.15) is 0 Å². The van der Waals surface area contributed by atoms with Crippen LogP contribution < -0.4 is 14.2 Å². The van der Waals surface area contributed by atoms with Crippen LogP contribution in [0.1, 0.15) is 35.2 Å². The van der Waals surface area contributed by atoms with E-state index < -0.39 is 0 Å². The molecule has 2 aromatic carbocycles. The lowest BCUT2D eigenvalue weighted by atomic mass is 9.98. The number of carbonyl (C=O) groups excluding carboxylic acids is 1. The van der Waals surface area contributed by atoms with Gasteiger partial charge in [0.2, 0.25) is 5.88 Å². The quantitative estimate of drug-likeness (QED) is 0.259. The fraction of sp³-hybridized carbons (Fsp3) is 0.310. The number of pyridine rings is 1. The molecule has 1 saturated heterocycles. The Hall–Kier alpha value is -3.42. The van der Waals surface area contributed by atoms with Crippen LogP contribution in [0.15, 0.2) is 60.8 Å². The van der Waals surface area contributed by atoms with Gasteiger partial charge in [-0.3, -0.25) is 9.69 Å². The number of ketones is 1. The van der Waals surface area contributed by atoms with Crippen LogP contribution in [0.25, 0.3) is 20.5 Å². The molecular formula is C29H30N2O4S. The molecular weight excluding hydrogens is 472 g/mol. The second-order valence-electron chi connectivity index (χ2n) is 8.86. The van der Waals surface area contributed by atoms with Crippen molar-refractivity contribution in [3.05, 3.63) is 71.9 Å². The number of ether oxygens (including phenoxy) is 3. The van der Waals surface area contributed by atoms with E-state index in [9.17, 15) is 4.79 Å². The molecule has 36 heavy (non-hydrogen) atoms. The molecule has 0 unspecified atom stereocenters. The Morgan fingerprint density at radius 2 is 1.69 bits per heavy atom. The summed E-state index contributed by atoms with van der Waals surface area (Å²) in [5.74, 6) is 2.01. The van der Waals surface area contributed by atoms with E-state index in [1.165, 1.54) is 19.3 Å². The summed E-state index contributed by atoms with van der Waals surface area (Å²) in [6.07, 6.45) is 5.46. The van der Waals surface area contributed by atoms with E-state index >= 15 is 0 Å². The molecule has 4 aromatic rings. The minimum atomic E-state index is -0.0652. The average molecular weight is 503 g/mol. The summed E-state index contributed by atoms with van der Waals surface area (Å²) in [4.78, 5) is 21.6. The van der Waals surface area contributed by atoms with Crippen LogP contribution in [0.3, 0.4) is 0 Å². The lowest BCUT2D eigenvalue weighted by Crippen LogP contribution is -2.33. The van der Waals surface area contributed by atoms with Crippen LogP contribution in [0.4, 0.5) is 0 Å². The lowest BCUT2D eigenvalue weighted by Gasteiger charge is -2.25. The Morgan fingerprint density at radius 1 is 0.944 bits per heavy atom. The Morgan fingerprint density at radius 3 is 2.39 bits per heavy atom. The highest BCUT2D eigenvalue weighted by Gasteiger charge is 2.22. The van der Waals surface area contributed by atoms with E-state index in [-0.39, 0.29) is 5.78 Å². The van der Waals surface area contributed by atoms with Gasteiger partial charge >= 0.3 is 0 Å². The van der Waals surface area contributed by atoms with E-state index in [4.69, 9.17) is 14.2 Å². The van der Waals surface area contributed by atoms with Gasteiger partial charge in [0.25, 0.3) is 0 Å². The summed E-state index contributed by atoms with van der Waals surface area (Å²) >= 11 is 1.58. The van der Waals surface area contributed by atoms with E-state index in [2.05, 4.69) is 9.88 Å². The number of rotatable bonds is 9. The molecule has 5 rings (SSSR count). The summed E-state index contributed by atoms with van der Waals surface area (Å²) < 4.78 is 17.6. The molecule has 7 heteroatoms. The molecule has 6 nitrogen and oxygen atoms in total. The van der Waals surface area contributed by atoms with Gasteiger partial charge in [0.15, 0.2) is 5.78 Å². The minimum absolute atomic E-state index is 0.0652. The number of fused-ring (bicyclic) bond motifs is 1. The van der Waals surface area contributed by atoms with Crippen molar-refractivity contribution in [1.82, 2.24) is 9.88 Å². The van der Waals surface area contributed by atoms with E-state index in [1.807, 2.05) is 42.5 Å². The number of hydrogen-bond acceptors (Lipinski definition) is 7. The zero-order chi connectivity index (χ0) is 24.9. The fourth-order valence-corrected chi connectivity index (χ4v) is 5.82. The third-order valence-corrected chi connectivity index (χ3v) is 7.78. The Balaban J connectivity index is 1.40. The third kappa shape index (κ3) is 5.22. The number of likely N-dealkylation sites (tertiary alicyclic amines) is 1. The Kier molecular flexibility index (Phi) is 7.49. The van der Waals surface area contributed by atoms with Crippen molar-refractivity contribution in [3.8, 4) is 27.8 Å². The van der Waals surface area contributed by atoms with Gasteiger partial charge in [-0.1, -0.05) is 6.42 Å². The fourth-order valence-electron chi connectivity index (χ4n) is 4.58. The van der Waals surface area contributed by atoms with Gasteiger partial charge in [-0.15, -0.1) is 11.3 Å². The second-order valence-corrected chi connectivity index (χ2v) is 9.91. The van der Waals surface area contributed by atoms with E-state index in [1.54, 1.807) is 43.9 Å². The van der Waals surface area contributed by atoms with E-state index in [0.717, 1.165) is 51.7 Å².